The van der Waals surface area contributed by atoms with E-state index in [1.165, 1.54) is 5.56 Å². The molecule has 0 aromatic carbocycles. The minimum Gasteiger partial charge on any atom is -0.354 e. The number of nitrogens with zero attached hydrogens (tertiary/aromatic N) is 4. The molecule has 0 aliphatic carbocycles. The molecule has 0 N–H and O–H groups in total. The summed E-state index contributed by atoms with van der Waals surface area (Å²) in [6, 6.07) is 8.14. The highest BCUT2D eigenvalue weighted by molar-refractivity contribution is 5.76. The number of aromatic nitrogens is 2. The van der Waals surface area contributed by atoms with Crippen molar-refractivity contribution in [3.8, 4) is 0 Å². The van der Waals surface area contributed by atoms with Gasteiger partial charge in [-0.3, -0.25) is 14.7 Å². The first-order chi connectivity index (χ1) is 11.3. The quantitative estimate of drug-likeness (QED) is 0.819. The van der Waals surface area contributed by atoms with E-state index in [4.69, 9.17) is 0 Å². The van der Waals surface area contributed by atoms with Crippen molar-refractivity contribution in [1.82, 2.24) is 19.4 Å². The van der Waals surface area contributed by atoms with E-state index in [0.717, 1.165) is 45.7 Å². The first-order valence-electron chi connectivity index (χ1n) is 8.31. The Bertz CT molecular complexity index is 589. The lowest BCUT2D eigenvalue weighted by Crippen LogP contribution is -2.48. The average Bonchev–Trinajstić information content (AvgIpc) is 3.10. The van der Waals surface area contributed by atoms with E-state index in [0.29, 0.717) is 12.3 Å². The van der Waals surface area contributed by atoms with Gasteiger partial charge in [0, 0.05) is 70.5 Å². The van der Waals surface area contributed by atoms with Crippen LogP contribution < -0.4 is 0 Å². The minimum atomic E-state index is 0.292. The fourth-order valence-corrected chi connectivity index (χ4v) is 2.99. The standard InChI is InChI=1S/C18H24N4O/c23-18(4-3-11-20-9-1-2-10-20)22-14-12-21(13-15-22)16-17-5-7-19-8-6-17/h1-2,5-10H,3-4,11-16H2. The lowest BCUT2D eigenvalue weighted by atomic mass is 10.2. The maximum absolute atomic E-state index is 12.3. The third kappa shape index (κ3) is 4.66. The van der Waals surface area contributed by atoms with Crippen LogP contribution in [0, 0.1) is 0 Å². The molecule has 0 bridgehead atoms. The molecule has 3 rings (SSSR count). The molecular formula is C18H24N4O. The smallest absolute Gasteiger partial charge is 0.222 e. The van der Waals surface area contributed by atoms with Crippen LogP contribution in [0.15, 0.2) is 49.1 Å². The van der Waals surface area contributed by atoms with Gasteiger partial charge in [-0.2, -0.15) is 0 Å². The number of hydrogen-bond donors (Lipinski definition) is 0. The molecule has 0 unspecified atom stereocenters. The lowest BCUT2D eigenvalue weighted by Gasteiger charge is -2.34. The molecule has 0 saturated carbocycles. The van der Waals surface area contributed by atoms with Crippen LogP contribution in [-0.2, 0) is 17.9 Å². The molecule has 2 aromatic heterocycles. The Labute approximate surface area is 137 Å². The topological polar surface area (TPSA) is 41.4 Å². The van der Waals surface area contributed by atoms with Crippen LogP contribution in [0.25, 0.3) is 0 Å². The van der Waals surface area contributed by atoms with Crippen LogP contribution in [0.2, 0.25) is 0 Å². The molecule has 1 aliphatic rings. The van der Waals surface area contributed by atoms with Crippen molar-refractivity contribution in [3.05, 3.63) is 54.6 Å². The van der Waals surface area contributed by atoms with Crippen LogP contribution in [-0.4, -0.2) is 51.4 Å². The second-order valence-electron chi connectivity index (χ2n) is 6.04. The fraction of sp³-hybridized carbons (Fsp3) is 0.444. The summed E-state index contributed by atoms with van der Waals surface area (Å²) in [6.07, 6.45) is 9.30. The fourth-order valence-electron chi connectivity index (χ4n) is 2.99. The van der Waals surface area contributed by atoms with Gasteiger partial charge in [0.15, 0.2) is 0 Å². The van der Waals surface area contributed by atoms with Gasteiger partial charge in [0.1, 0.15) is 0 Å². The first kappa shape index (κ1) is 15.7. The van der Waals surface area contributed by atoms with Crippen molar-refractivity contribution in [2.45, 2.75) is 25.9 Å². The van der Waals surface area contributed by atoms with Crippen molar-refractivity contribution in [1.29, 1.82) is 0 Å². The van der Waals surface area contributed by atoms with Crippen LogP contribution in [0.3, 0.4) is 0 Å². The lowest BCUT2D eigenvalue weighted by molar-refractivity contribution is -0.133. The zero-order valence-electron chi connectivity index (χ0n) is 13.5. The van der Waals surface area contributed by atoms with Crippen molar-refractivity contribution in [2.75, 3.05) is 26.2 Å². The van der Waals surface area contributed by atoms with Gasteiger partial charge in [0.05, 0.1) is 0 Å². The molecule has 23 heavy (non-hydrogen) atoms. The molecule has 3 heterocycles. The van der Waals surface area contributed by atoms with E-state index in [-0.39, 0.29) is 0 Å². The second kappa shape index (κ2) is 7.92. The van der Waals surface area contributed by atoms with Crippen LogP contribution in [0.4, 0.5) is 0 Å². The minimum absolute atomic E-state index is 0.292. The number of carbonyl (C=O) groups is 1. The number of carbonyl (C=O) groups excluding carboxylic acids is 1. The van der Waals surface area contributed by atoms with Crippen molar-refractivity contribution in [3.63, 3.8) is 0 Å². The van der Waals surface area contributed by atoms with Crippen molar-refractivity contribution in [2.24, 2.45) is 0 Å². The molecule has 122 valence electrons. The molecule has 2 aromatic rings. The SMILES string of the molecule is O=C(CCCn1cccc1)N1CCN(Cc2ccncc2)CC1. The molecule has 1 aliphatic heterocycles. The van der Waals surface area contributed by atoms with Gasteiger partial charge in [-0.25, -0.2) is 0 Å². The molecule has 5 heteroatoms. The zero-order chi connectivity index (χ0) is 15.9. The molecule has 0 radical (unpaired) electrons. The highest BCUT2D eigenvalue weighted by Crippen LogP contribution is 2.09. The maximum atomic E-state index is 12.3. The van der Waals surface area contributed by atoms with Gasteiger partial charge in [-0.1, -0.05) is 0 Å². The number of rotatable bonds is 6. The van der Waals surface area contributed by atoms with Crippen molar-refractivity contribution < 1.29 is 4.79 Å². The Kier molecular flexibility index (Phi) is 5.42. The average molecular weight is 312 g/mol. The summed E-state index contributed by atoms with van der Waals surface area (Å²) in [6.45, 7) is 5.44. The van der Waals surface area contributed by atoms with E-state index in [1.54, 1.807) is 0 Å². The van der Waals surface area contributed by atoms with Crippen LogP contribution in [0.1, 0.15) is 18.4 Å². The van der Waals surface area contributed by atoms with E-state index in [2.05, 4.69) is 26.6 Å². The van der Waals surface area contributed by atoms with Gasteiger partial charge in [-0.15, -0.1) is 0 Å². The van der Waals surface area contributed by atoms with Crippen LogP contribution in [0.5, 0.6) is 0 Å². The Balaban J connectivity index is 1.37. The summed E-state index contributed by atoms with van der Waals surface area (Å²) in [7, 11) is 0. The largest absolute Gasteiger partial charge is 0.354 e. The summed E-state index contributed by atoms with van der Waals surface area (Å²) in [4.78, 5) is 20.7. The highest BCUT2D eigenvalue weighted by atomic mass is 16.2. The third-order valence-electron chi connectivity index (χ3n) is 4.35. The van der Waals surface area contributed by atoms with E-state index in [9.17, 15) is 4.79 Å². The molecule has 5 nitrogen and oxygen atoms in total. The number of pyridine rings is 1. The van der Waals surface area contributed by atoms with Gasteiger partial charge in [0.25, 0.3) is 0 Å². The van der Waals surface area contributed by atoms with Gasteiger partial charge < -0.3 is 9.47 Å². The predicted octanol–water partition coefficient (Wildman–Crippen LogP) is 2.01. The normalized spacial score (nSPS) is 15.7. The highest BCUT2D eigenvalue weighted by Gasteiger charge is 2.20. The van der Waals surface area contributed by atoms with Gasteiger partial charge in [-0.05, 0) is 36.2 Å². The number of aryl methyl sites for hydroxylation is 1. The summed E-state index contributed by atoms with van der Waals surface area (Å²) in [5.41, 5.74) is 1.28. The Morgan fingerprint density at radius 2 is 1.74 bits per heavy atom. The molecule has 1 saturated heterocycles. The van der Waals surface area contributed by atoms with E-state index < -0.39 is 0 Å². The summed E-state index contributed by atoms with van der Waals surface area (Å²) < 4.78 is 2.12. The van der Waals surface area contributed by atoms with Crippen LogP contribution >= 0.6 is 0 Å². The summed E-state index contributed by atoms with van der Waals surface area (Å²) in [5.74, 6) is 0.292. The predicted molar refractivity (Wildman–Crippen MR) is 89.8 cm³/mol. The summed E-state index contributed by atoms with van der Waals surface area (Å²) in [5, 5.41) is 0. The molecular weight excluding hydrogens is 288 g/mol. The zero-order valence-corrected chi connectivity index (χ0v) is 13.5. The van der Waals surface area contributed by atoms with E-state index in [1.807, 2.05) is 41.8 Å². The number of amides is 1. The molecule has 1 fully saturated rings. The number of piperazine rings is 1. The Morgan fingerprint density at radius 3 is 2.43 bits per heavy atom. The maximum Gasteiger partial charge on any atom is 0.222 e. The monoisotopic (exact) mass is 312 g/mol. The van der Waals surface area contributed by atoms with Crippen molar-refractivity contribution >= 4 is 5.91 Å². The summed E-state index contributed by atoms with van der Waals surface area (Å²) >= 11 is 0. The first-order valence-corrected chi connectivity index (χ1v) is 8.31. The third-order valence-corrected chi connectivity index (χ3v) is 4.35. The molecule has 0 spiro atoms. The van der Waals surface area contributed by atoms with Gasteiger partial charge >= 0.3 is 0 Å². The Morgan fingerprint density at radius 1 is 1.04 bits per heavy atom. The number of hydrogen-bond acceptors (Lipinski definition) is 3. The molecule has 0 atom stereocenters. The van der Waals surface area contributed by atoms with E-state index >= 15 is 0 Å². The Hall–Kier alpha value is -2.14. The second-order valence-corrected chi connectivity index (χ2v) is 6.04. The molecule has 1 amide bonds. The van der Waals surface area contributed by atoms with Gasteiger partial charge in [0.2, 0.25) is 5.91 Å².